The molecule has 0 saturated heterocycles. The lowest BCUT2D eigenvalue weighted by atomic mass is 10.2. The average molecular weight is 200 g/mol. The summed E-state index contributed by atoms with van der Waals surface area (Å²) in [4.78, 5) is 4.05. The van der Waals surface area contributed by atoms with Crippen LogP contribution in [0.25, 0.3) is 22.5 Å². The minimum Gasteiger partial charge on any atom is -0.443 e. The Balaban J connectivity index is 2.32. The van der Waals surface area contributed by atoms with Crippen molar-refractivity contribution < 1.29 is 4.42 Å². The molecule has 3 aromatic rings. The van der Waals surface area contributed by atoms with Crippen LogP contribution in [0, 0.1) is 0 Å². The fraction of sp³-hybridized carbons (Fsp3) is 0. The molecule has 0 atom stereocenters. The van der Waals surface area contributed by atoms with Crippen LogP contribution in [0.4, 0.5) is 5.69 Å². The van der Waals surface area contributed by atoms with Gasteiger partial charge in [0.05, 0.1) is 11.7 Å². The Bertz CT molecular complexity index is 597. The first-order valence-corrected chi connectivity index (χ1v) is 4.48. The molecule has 3 rings (SSSR count). The monoisotopic (exact) mass is 200 g/mol. The number of rotatable bonds is 1. The fourth-order valence-electron chi connectivity index (χ4n) is 1.54. The van der Waals surface area contributed by atoms with Crippen molar-refractivity contribution in [3.05, 3.63) is 30.7 Å². The molecule has 0 aliphatic heterocycles. The summed E-state index contributed by atoms with van der Waals surface area (Å²) in [5.74, 6) is 0.492. The van der Waals surface area contributed by atoms with Crippen LogP contribution in [0.3, 0.4) is 0 Å². The molecule has 0 spiro atoms. The second-order valence-electron chi connectivity index (χ2n) is 3.21. The van der Waals surface area contributed by atoms with Crippen LogP contribution in [0.2, 0.25) is 0 Å². The number of nitrogens with two attached hydrogens (primary N) is 1. The lowest BCUT2D eigenvalue weighted by Gasteiger charge is -1.93. The summed E-state index contributed by atoms with van der Waals surface area (Å²) in [5.41, 5.74) is 8.00. The number of nitrogen functional groups attached to an aromatic ring is 1. The van der Waals surface area contributed by atoms with Gasteiger partial charge in [-0.2, -0.15) is 5.10 Å². The van der Waals surface area contributed by atoms with Crippen LogP contribution >= 0.6 is 0 Å². The van der Waals surface area contributed by atoms with Gasteiger partial charge < -0.3 is 10.2 Å². The van der Waals surface area contributed by atoms with Gasteiger partial charge in [0, 0.05) is 11.1 Å². The second kappa shape index (κ2) is 2.84. The largest absolute Gasteiger partial charge is 0.443 e. The van der Waals surface area contributed by atoms with Crippen LogP contribution in [-0.2, 0) is 0 Å². The smallest absolute Gasteiger partial charge is 0.247 e. The predicted octanol–water partition coefficient (Wildman–Crippen LogP) is 1.80. The minimum atomic E-state index is 0.492. The van der Waals surface area contributed by atoms with Crippen molar-refractivity contribution in [2.45, 2.75) is 0 Å². The van der Waals surface area contributed by atoms with Gasteiger partial charge in [-0.15, -0.1) is 0 Å². The summed E-state index contributed by atoms with van der Waals surface area (Å²) in [6, 6.07) is 5.54. The van der Waals surface area contributed by atoms with Crippen molar-refractivity contribution in [1.82, 2.24) is 15.2 Å². The molecule has 5 nitrogen and oxygen atoms in total. The highest BCUT2D eigenvalue weighted by molar-refractivity contribution is 5.92. The van der Waals surface area contributed by atoms with E-state index in [0.717, 1.165) is 10.9 Å². The molecule has 15 heavy (non-hydrogen) atoms. The maximum atomic E-state index is 5.71. The highest BCUT2D eigenvalue weighted by Gasteiger charge is 2.11. The molecule has 2 aromatic heterocycles. The zero-order valence-corrected chi connectivity index (χ0v) is 7.77. The Morgan fingerprint density at radius 1 is 1.33 bits per heavy atom. The van der Waals surface area contributed by atoms with Crippen LogP contribution in [0.1, 0.15) is 0 Å². The van der Waals surface area contributed by atoms with Gasteiger partial charge in [0.2, 0.25) is 5.89 Å². The lowest BCUT2D eigenvalue weighted by molar-refractivity contribution is 0.572. The molecule has 0 aliphatic carbocycles. The summed E-state index contributed by atoms with van der Waals surface area (Å²) in [6.07, 6.45) is 3.10. The molecule has 0 unspecified atom stereocenters. The number of aromatic nitrogens is 3. The Morgan fingerprint density at radius 3 is 3.07 bits per heavy atom. The van der Waals surface area contributed by atoms with Gasteiger partial charge in [-0.05, 0) is 18.2 Å². The van der Waals surface area contributed by atoms with E-state index in [4.69, 9.17) is 10.2 Å². The highest BCUT2D eigenvalue weighted by Crippen LogP contribution is 2.26. The summed E-state index contributed by atoms with van der Waals surface area (Å²) < 4.78 is 5.19. The van der Waals surface area contributed by atoms with Gasteiger partial charge in [-0.1, -0.05) is 0 Å². The summed E-state index contributed by atoms with van der Waals surface area (Å²) in [5, 5.41) is 7.95. The molecule has 74 valence electrons. The standard InChI is InChI=1S/C10H8N4O/c11-6-1-2-8-7(5-6)9(14-13-8)10-12-3-4-15-10/h1-5H,11H2,(H,13,14). The molecule has 0 fully saturated rings. The van der Waals surface area contributed by atoms with Crippen LogP contribution in [-0.4, -0.2) is 15.2 Å². The third-order valence-corrected chi connectivity index (χ3v) is 2.22. The van der Waals surface area contributed by atoms with Crippen LogP contribution in [0.5, 0.6) is 0 Å². The van der Waals surface area contributed by atoms with Gasteiger partial charge >= 0.3 is 0 Å². The van der Waals surface area contributed by atoms with Crippen molar-refractivity contribution in [3.63, 3.8) is 0 Å². The normalized spacial score (nSPS) is 10.9. The Morgan fingerprint density at radius 2 is 2.27 bits per heavy atom. The third-order valence-electron chi connectivity index (χ3n) is 2.22. The van der Waals surface area contributed by atoms with Crippen LogP contribution in [0.15, 0.2) is 35.1 Å². The number of nitrogens with zero attached hydrogens (tertiary/aromatic N) is 2. The molecule has 0 saturated carbocycles. The van der Waals surface area contributed by atoms with Gasteiger partial charge in [-0.25, -0.2) is 4.98 Å². The number of nitrogens with one attached hydrogen (secondary N) is 1. The number of H-pyrrole nitrogens is 1. The van der Waals surface area contributed by atoms with E-state index in [1.165, 1.54) is 6.26 Å². The van der Waals surface area contributed by atoms with Crippen molar-refractivity contribution in [1.29, 1.82) is 0 Å². The molecule has 2 heterocycles. The van der Waals surface area contributed by atoms with E-state index < -0.39 is 0 Å². The van der Waals surface area contributed by atoms with Gasteiger partial charge in [-0.3, -0.25) is 5.10 Å². The van der Waals surface area contributed by atoms with Gasteiger partial charge in [0.25, 0.3) is 0 Å². The number of benzene rings is 1. The first-order chi connectivity index (χ1) is 7.34. The number of fused-ring (bicyclic) bond motifs is 1. The van der Waals surface area contributed by atoms with E-state index in [0.29, 0.717) is 17.3 Å². The molecule has 0 bridgehead atoms. The quantitative estimate of drug-likeness (QED) is 0.587. The van der Waals surface area contributed by atoms with E-state index >= 15 is 0 Å². The van der Waals surface area contributed by atoms with Gasteiger partial charge in [0.1, 0.15) is 6.26 Å². The lowest BCUT2D eigenvalue weighted by Crippen LogP contribution is -1.83. The number of anilines is 1. The molecule has 5 heteroatoms. The summed E-state index contributed by atoms with van der Waals surface area (Å²) in [7, 11) is 0. The third kappa shape index (κ3) is 1.17. The number of hydrogen-bond acceptors (Lipinski definition) is 4. The van der Waals surface area contributed by atoms with Gasteiger partial charge in [0.15, 0.2) is 5.69 Å². The first-order valence-electron chi connectivity index (χ1n) is 4.48. The molecule has 0 radical (unpaired) electrons. The fourth-order valence-corrected chi connectivity index (χ4v) is 1.54. The maximum Gasteiger partial charge on any atom is 0.247 e. The number of oxazole rings is 1. The molecule has 0 aliphatic rings. The molecule has 1 aromatic carbocycles. The Hall–Kier alpha value is -2.30. The molecule has 3 N–H and O–H groups in total. The average Bonchev–Trinajstić information content (AvgIpc) is 2.83. The predicted molar refractivity (Wildman–Crippen MR) is 56.0 cm³/mol. The Kier molecular flexibility index (Phi) is 1.53. The van der Waals surface area contributed by atoms with Crippen molar-refractivity contribution in [2.24, 2.45) is 0 Å². The van der Waals surface area contributed by atoms with E-state index in [9.17, 15) is 0 Å². The number of aromatic amines is 1. The first kappa shape index (κ1) is 8.05. The molecular weight excluding hydrogens is 192 g/mol. The summed E-state index contributed by atoms with van der Waals surface area (Å²) >= 11 is 0. The molecular formula is C10H8N4O. The van der Waals surface area contributed by atoms with E-state index in [1.54, 1.807) is 6.20 Å². The summed E-state index contributed by atoms with van der Waals surface area (Å²) in [6.45, 7) is 0. The zero-order chi connectivity index (χ0) is 10.3. The van der Waals surface area contributed by atoms with Crippen molar-refractivity contribution in [3.8, 4) is 11.6 Å². The van der Waals surface area contributed by atoms with Crippen LogP contribution < -0.4 is 5.73 Å². The number of hydrogen-bond donors (Lipinski definition) is 2. The molecule has 0 amide bonds. The van der Waals surface area contributed by atoms with E-state index in [2.05, 4.69) is 15.2 Å². The van der Waals surface area contributed by atoms with Crippen molar-refractivity contribution in [2.75, 3.05) is 5.73 Å². The zero-order valence-electron chi connectivity index (χ0n) is 7.77. The SMILES string of the molecule is Nc1ccc2[nH]nc(-c3ncco3)c2c1. The topological polar surface area (TPSA) is 80.7 Å². The minimum absolute atomic E-state index is 0.492. The second-order valence-corrected chi connectivity index (χ2v) is 3.21. The van der Waals surface area contributed by atoms with E-state index in [-0.39, 0.29) is 0 Å². The van der Waals surface area contributed by atoms with Crippen molar-refractivity contribution >= 4 is 16.6 Å². The maximum absolute atomic E-state index is 5.71. The highest BCUT2D eigenvalue weighted by atomic mass is 16.3. The van der Waals surface area contributed by atoms with E-state index in [1.807, 2.05) is 18.2 Å². The Labute approximate surface area is 84.9 Å².